The van der Waals surface area contributed by atoms with Crippen molar-refractivity contribution in [2.45, 2.75) is 63.5 Å². The van der Waals surface area contributed by atoms with Gasteiger partial charge >= 0.3 is 0 Å². The zero-order valence-electron chi connectivity index (χ0n) is 30.2. The van der Waals surface area contributed by atoms with E-state index in [1.165, 1.54) is 6.07 Å². The van der Waals surface area contributed by atoms with Gasteiger partial charge in [-0.3, -0.25) is 19.7 Å². The van der Waals surface area contributed by atoms with Crippen LogP contribution in [0.4, 0.5) is 27.3 Å². The SMILES string of the molecule is N#Cc1ccc(N2CCC(C(=O)Nc3ccc(OC4CCN(CC5CCN(c6ccc(N[C@H]7CCC(=O)NC7=O)cc6F)CC5)CC4)cn3)CC2)cc1Cl. The van der Waals surface area contributed by atoms with E-state index in [1.807, 2.05) is 18.2 Å². The molecule has 1 aromatic heterocycles. The van der Waals surface area contributed by atoms with Crippen LogP contribution < -0.4 is 30.5 Å². The molecule has 0 unspecified atom stereocenters. The number of anilines is 4. The molecule has 0 radical (unpaired) electrons. The van der Waals surface area contributed by atoms with E-state index in [2.05, 4.69) is 41.7 Å². The second-order valence-corrected chi connectivity index (χ2v) is 15.2. The Morgan fingerprint density at radius 2 is 1.70 bits per heavy atom. The van der Waals surface area contributed by atoms with Crippen molar-refractivity contribution >= 4 is 52.2 Å². The molecule has 1 atom stereocenters. The van der Waals surface area contributed by atoms with E-state index in [1.54, 1.807) is 30.5 Å². The molecule has 3 aromatic rings. The molecule has 12 nitrogen and oxygen atoms in total. The number of nitrogens with zero attached hydrogens (tertiary/aromatic N) is 5. The molecule has 2 aromatic carbocycles. The van der Waals surface area contributed by atoms with Gasteiger partial charge in [-0.1, -0.05) is 11.6 Å². The van der Waals surface area contributed by atoms with Gasteiger partial charge in [-0.2, -0.15) is 5.26 Å². The molecule has 0 spiro atoms. The summed E-state index contributed by atoms with van der Waals surface area (Å²) < 4.78 is 21.4. The number of pyridine rings is 1. The Morgan fingerprint density at radius 1 is 0.944 bits per heavy atom. The average Bonchev–Trinajstić information content (AvgIpc) is 3.18. The summed E-state index contributed by atoms with van der Waals surface area (Å²) in [6.07, 6.45) is 7.71. The normalized spacial score (nSPS) is 20.6. The molecule has 14 heteroatoms. The fourth-order valence-electron chi connectivity index (χ4n) is 7.95. The molecule has 4 fully saturated rings. The van der Waals surface area contributed by atoms with Crippen molar-refractivity contribution in [1.82, 2.24) is 15.2 Å². The van der Waals surface area contributed by atoms with Crippen LogP contribution in [0.2, 0.25) is 5.02 Å². The van der Waals surface area contributed by atoms with Crippen LogP contribution >= 0.6 is 11.6 Å². The number of carbonyl (C=O) groups excluding carboxylic acids is 3. The average molecular weight is 757 g/mol. The number of likely N-dealkylation sites (tertiary alicyclic amines) is 1. The number of carbonyl (C=O) groups is 3. The fourth-order valence-corrected chi connectivity index (χ4v) is 8.17. The molecule has 7 rings (SSSR count). The summed E-state index contributed by atoms with van der Waals surface area (Å²) in [7, 11) is 0. The number of nitriles is 1. The first kappa shape index (κ1) is 37.4. The summed E-state index contributed by atoms with van der Waals surface area (Å²) in [5, 5.41) is 17.9. The Labute approximate surface area is 320 Å². The lowest BCUT2D eigenvalue weighted by atomic mass is 9.94. The van der Waals surface area contributed by atoms with Crippen molar-refractivity contribution < 1.29 is 23.5 Å². The number of halogens is 2. The van der Waals surface area contributed by atoms with E-state index in [4.69, 9.17) is 21.6 Å². The zero-order valence-corrected chi connectivity index (χ0v) is 31.0. The maximum absolute atomic E-state index is 15.1. The third-order valence-electron chi connectivity index (χ3n) is 11.1. The van der Waals surface area contributed by atoms with Crippen molar-refractivity contribution in [2.24, 2.45) is 11.8 Å². The van der Waals surface area contributed by atoms with Crippen molar-refractivity contribution in [3.05, 3.63) is 71.1 Å². The van der Waals surface area contributed by atoms with Crippen LogP contribution in [0.25, 0.3) is 0 Å². The van der Waals surface area contributed by atoms with Gasteiger partial charge in [0.05, 0.1) is 22.5 Å². The van der Waals surface area contributed by atoms with Gasteiger partial charge in [-0.05, 0) is 99.4 Å². The van der Waals surface area contributed by atoms with Crippen LogP contribution in [0.5, 0.6) is 5.75 Å². The topological polar surface area (TPSA) is 143 Å². The molecule has 0 aliphatic carbocycles. The summed E-state index contributed by atoms with van der Waals surface area (Å²) in [6, 6.07) is 15.6. The Hall–Kier alpha value is -4.93. The molecular weight excluding hydrogens is 711 g/mol. The minimum absolute atomic E-state index is 0.0332. The van der Waals surface area contributed by atoms with E-state index < -0.39 is 6.04 Å². The highest BCUT2D eigenvalue weighted by atomic mass is 35.5. The zero-order chi connectivity index (χ0) is 37.6. The van der Waals surface area contributed by atoms with E-state index in [0.29, 0.717) is 58.7 Å². The van der Waals surface area contributed by atoms with Crippen molar-refractivity contribution in [3.63, 3.8) is 0 Å². The molecule has 4 saturated heterocycles. The van der Waals surface area contributed by atoms with Gasteiger partial charge < -0.3 is 30.1 Å². The van der Waals surface area contributed by atoms with Gasteiger partial charge in [0.25, 0.3) is 0 Å². The first-order valence-electron chi connectivity index (χ1n) is 19.0. The van der Waals surface area contributed by atoms with Crippen molar-refractivity contribution in [1.29, 1.82) is 5.26 Å². The van der Waals surface area contributed by atoms with Crippen molar-refractivity contribution in [3.8, 4) is 11.8 Å². The summed E-state index contributed by atoms with van der Waals surface area (Å²) in [5.74, 6) is 0.646. The van der Waals surface area contributed by atoms with E-state index in [9.17, 15) is 14.4 Å². The number of nitrogens with one attached hydrogen (secondary N) is 3. The number of rotatable bonds is 10. The first-order valence-corrected chi connectivity index (χ1v) is 19.3. The van der Waals surface area contributed by atoms with Gasteiger partial charge in [0, 0.05) is 69.5 Å². The van der Waals surface area contributed by atoms with Crippen LogP contribution in [-0.2, 0) is 14.4 Å². The highest BCUT2D eigenvalue weighted by molar-refractivity contribution is 6.32. The molecule has 4 aliphatic rings. The maximum Gasteiger partial charge on any atom is 0.249 e. The largest absolute Gasteiger partial charge is 0.489 e. The summed E-state index contributed by atoms with van der Waals surface area (Å²) in [5.41, 5.74) is 2.52. The number of hydrogen-bond acceptors (Lipinski definition) is 10. The summed E-state index contributed by atoms with van der Waals surface area (Å²) in [6.45, 7) is 5.98. The predicted molar refractivity (Wildman–Crippen MR) is 205 cm³/mol. The van der Waals surface area contributed by atoms with Crippen LogP contribution in [0, 0.1) is 29.0 Å². The Morgan fingerprint density at radius 3 is 2.37 bits per heavy atom. The molecular formula is C40H46ClFN8O4. The lowest BCUT2D eigenvalue weighted by Crippen LogP contribution is -2.47. The number of benzene rings is 2. The van der Waals surface area contributed by atoms with Crippen molar-refractivity contribution in [2.75, 3.05) is 66.2 Å². The van der Waals surface area contributed by atoms with Gasteiger partial charge in [0.1, 0.15) is 35.6 Å². The number of ether oxygens (including phenoxy) is 1. The lowest BCUT2D eigenvalue weighted by Gasteiger charge is -2.38. The van der Waals surface area contributed by atoms with Gasteiger partial charge in [0.2, 0.25) is 17.7 Å². The smallest absolute Gasteiger partial charge is 0.249 e. The Balaban J connectivity index is 0.791. The third kappa shape index (κ3) is 9.22. The molecule has 0 saturated carbocycles. The van der Waals surface area contributed by atoms with Gasteiger partial charge in [-0.25, -0.2) is 9.37 Å². The van der Waals surface area contributed by atoms with Crippen LogP contribution in [-0.4, -0.2) is 85.6 Å². The second-order valence-electron chi connectivity index (χ2n) is 14.8. The number of piperidine rings is 4. The second kappa shape index (κ2) is 17.0. The molecule has 5 heterocycles. The highest BCUT2D eigenvalue weighted by Gasteiger charge is 2.29. The van der Waals surface area contributed by atoms with Crippen LogP contribution in [0.15, 0.2) is 54.7 Å². The quantitative estimate of drug-likeness (QED) is 0.225. The number of hydrogen-bond donors (Lipinski definition) is 3. The molecule has 3 amide bonds. The maximum atomic E-state index is 15.1. The van der Waals surface area contributed by atoms with Crippen LogP contribution in [0.3, 0.4) is 0 Å². The molecule has 4 aliphatic heterocycles. The van der Waals surface area contributed by atoms with Crippen LogP contribution in [0.1, 0.15) is 56.9 Å². The summed E-state index contributed by atoms with van der Waals surface area (Å²) in [4.78, 5) is 47.7. The minimum Gasteiger partial charge on any atom is -0.489 e. The molecule has 284 valence electrons. The first-order chi connectivity index (χ1) is 26.2. The minimum atomic E-state index is -0.546. The molecule has 0 bridgehead atoms. The predicted octanol–water partition coefficient (Wildman–Crippen LogP) is 5.58. The molecule has 54 heavy (non-hydrogen) atoms. The highest BCUT2D eigenvalue weighted by Crippen LogP contribution is 2.31. The fraction of sp³-hybridized carbons (Fsp3) is 0.475. The summed E-state index contributed by atoms with van der Waals surface area (Å²) >= 11 is 6.22. The number of imide groups is 1. The third-order valence-corrected chi connectivity index (χ3v) is 11.4. The van der Waals surface area contributed by atoms with E-state index >= 15 is 4.39 Å². The lowest BCUT2D eigenvalue weighted by molar-refractivity contribution is -0.133. The Kier molecular flexibility index (Phi) is 11.8. The van der Waals surface area contributed by atoms with Gasteiger partial charge in [-0.15, -0.1) is 0 Å². The molecule has 3 N–H and O–H groups in total. The Bertz CT molecular complexity index is 1870. The number of aromatic nitrogens is 1. The van der Waals surface area contributed by atoms with Gasteiger partial charge in [0.15, 0.2) is 0 Å². The number of amides is 3. The van der Waals surface area contributed by atoms with E-state index in [-0.39, 0.29) is 42.0 Å². The monoisotopic (exact) mass is 756 g/mol. The van der Waals surface area contributed by atoms with E-state index in [0.717, 1.165) is 77.2 Å². The standard InChI is InChI=1S/C40H46ClFN8O4/c41-33-22-30(3-1-28(33)23-43)49-19-11-27(12-20-49)39(52)46-37-7-4-32(24-44-37)54-31-13-15-48(16-14-31)25-26-9-17-50(18-10-26)36-6-2-29(21-34(36)42)45-35-5-8-38(51)47-40(35)53/h1-4,6-7,21-22,24,26-27,31,35,45H,5,8-20,25H2,(H,44,46,52)(H,47,51,53)/t35-/m0/s1.